The van der Waals surface area contributed by atoms with Gasteiger partial charge in [-0.3, -0.25) is 4.79 Å². The third-order valence-electron chi connectivity index (χ3n) is 3.78. The molecule has 5 nitrogen and oxygen atoms in total. The Morgan fingerprint density at radius 3 is 2.65 bits per heavy atom. The number of anilines is 1. The number of aliphatic hydroxyl groups excluding tert-OH is 1. The fourth-order valence-corrected chi connectivity index (χ4v) is 2.44. The fourth-order valence-electron chi connectivity index (χ4n) is 2.44. The van der Waals surface area contributed by atoms with Crippen LogP contribution in [-0.2, 0) is 11.4 Å². The molecule has 1 heterocycles. The molecule has 0 atom stereocenters. The van der Waals surface area contributed by atoms with Crippen LogP contribution in [0.3, 0.4) is 0 Å². The summed E-state index contributed by atoms with van der Waals surface area (Å²) in [6.07, 6.45) is 3.21. The van der Waals surface area contributed by atoms with Crippen molar-refractivity contribution in [1.82, 2.24) is 0 Å². The smallest absolute Gasteiger partial charge is 0.248 e. The molecule has 0 bridgehead atoms. The van der Waals surface area contributed by atoms with E-state index in [1.165, 1.54) is 6.08 Å². The summed E-state index contributed by atoms with van der Waals surface area (Å²) in [4.78, 5) is 12.1. The highest BCUT2D eigenvalue weighted by Gasteiger charge is 2.06. The van der Waals surface area contributed by atoms with E-state index in [1.807, 2.05) is 42.5 Å². The topological polar surface area (TPSA) is 71.7 Å². The number of furan rings is 1. The van der Waals surface area contributed by atoms with Crippen molar-refractivity contribution in [3.63, 3.8) is 0 Å². The number of methoxy groups -OCH3 is 1. The predicted molar refractivity (Wildman–Crippen MR) is 101 cm³/mol. The number of benzene rings is 2. The first-order chi connectivity index (χ1) is 12.7. The molecular formula is C21H19NO4. The maximum atomic E-state index is 12.1. The third-order valence-corrected chi connectivity index (χ3v) is 3.78. The van der Waals surface area contributed by atoms with Crippen molar-refractivity contribution in [2.24, 2.45) is 0 Å². The van der Waals surface area contributed by atoms with Crippen LogP contribution in [0.25, 0.3) is 17.4 Å². The van der Waals surface area contributed by atoms with E-state index in [9.17, 15) is 4.79 Å². The van der Waals surface area contributed by atoms with Crippen molar-refractivity contribution >= 4 is 17.7 Å². The number of aliphatic hydroxyl groups is 1. The van der Waals surface area contributed by atoms with Crippen LogP contribution in [0, 0.1) is 0 Å². The molecule has 132 valence electrons. The number of amides is 1. The summed E-state index contributed by atoms with van der Waals surface area (Å²) >= 11 is 0. The maximum absolute atomic E-state index is 12.1. The molecule has 0 saturated carbocycles. The molecule has 0 unspecified atom stereocenters. The Bertz CT molecular complexity index is 910. The van der Waals surface area contributed by atoms with Gasteiger partial charge in [0.2, 0.25) is 5.91 Å². The highest BCUT2D eigenvalue weighted by atomic mass is 16.5. The molecule has 0 fully saturated rings. The quantitative estimate of drug-likeness (QED) is 0.657. The first kappa shape index (κ1) is 17.5. The lowest BCUT2D eigenvalue weighted by atomic mass is 10.1. The Hall–Kier alpha value is -3.31. The van der Waals surface area contributed by atoms with Gasteiger partial charge in [0.25, 0.3) is 0 Å². The van der Waals surface area contributed by atoms with Crippen LogP contribution in [-0.4, -0.2) is 18.1 Å². The lowest BCUT2D eigenvalue weighted by Gasteiger charge is -2.04. The number of rotatable bonds is 6. The van der Waals surface area contributed by atoms with Crippen LogP contribution in [0.2, 0.25) is 0 Å². The molecule has 2 N–H and O–H groups in total. The highest BCUT2D eigenvalue weighted by Crippen LogP contribution is 2.25. The molecule has 3 rings (SSSR count). The van der Waals surface area contributed by atoms with Crippen LogP contribution in [0.4, 0.5) is 5.69 Å². The number of carbonyl (C=O) groups excluding carboxylic acids is 1. The average Bonchev–Trinajstić information content (AvgIpc) is 3.16. The number of nitrogens with one attached hydrogen (secondary N) is 1. The van der Waals surface area contributed by atoms with Gasteiger partial charge in [-0.05, 0) is 48.0 Å². The third kappa shape index (κ3) is 4.40. The van der Waals surface area contributed by atoms with E-state index in [1.54, 1.807) is 31.4 Å². The van der Waals surface area contributed by atoms with E-state index >= 15 is 0 Å². The lowest BCUT2D eigenvalue weighted by Crippen LogP contribution is -2.07. The molecule has 0 aliphatic heterocycles. The van der Waals surface area contributed by atoms with Crippen LogP contribution in [0.15, 0.2) is 71.2 Å². The van der Waals surface area contributed by atoms with Crippen molar-refractivity contribution in [1.29, 1.82) is 0 Å². The van der Waals surface area contributed by atoms with Crippen LogP contribution >= 0.6 is 0 Å². The summed E-state index contributed by atoms with van der Waals surface area (Å²) in [5.41, 5.74) is 2.39. The number of carbonyl (C=O) groups is 1. The standard InChI is InChI=1S/C21H19NO4/c1-25-18-8-5-15(6-9-18)7-12-21(24)22-17-4-2-3-16(13-17)20-11-10-19(14-23)26-20/h2-13,23H,14H2,1H3,(H,22,24)/b12-7+. The van der Waals surface area contributed by atoms with Crippen molar-refractivity contribution in [2.45, 2.75) is 6.61 Å². The molecule has 26 heavy (non-hydrogen) atoms. The lowest BCUT2D eigenvalue weighted by molar-refractivity contribution is -0.111. The zero-order valence-electron chi connectivity index (χ0n) is 14.3. The Morgan fingerprint density at radius 2 is 1.96 bits per heavy atom. The van der Waals surface area contributed by atoms with Gasteiger partial charge in [0.1, 0.15) is 23.9 Å². The molecule has 5 heteroatoms. The fraction of sp³-hybridized carbons (Fsp3) is 0.0952. The number of hydrogen-bond donors (Lipinski definition) is 2. The molecule has 1 aromatic heterocycles. The Labute approximate surface area is 151 Å². The zero-order valence-corrected chi connectivity index (χ0v) is 14.3. The van der Waals surface area contributed by atoms with Crippen LogP contribution in [0.1, 0.15) is 11.3 Å². The van der Waals surface area contributed by atoms with Gasteiger partial charge in [-0.1, -0.05) is 24.3 Å². The van der Waals surface area contributed by atoms with E-state index in [4.69, 9.17) is 14.3 Å². The van der Waals surface area contributed by atoms with E-state index in [0.717, 1.165) is 16.9 Å². The van der Waals surface area contributed by atoms with Gasteiger partial charge >= 0.3 is 0 Å². The molecule has 3 aromatic rings. The second-order valence-electron chi connectivity index (χ2n) is 5.60. The van der Waals surface area contributed by atoms with Crippen molar-refractivity contribution in [3.05, 3.63) is 78.1 Å². The first-order valence-electron chi connectivity index (χ1n) is 8.11. The summed E-state index contributed by atoms with van der Waals surface area (Å²) in [6.45, 7) is -0.146. The predicted octanol–water partition coefficient (Wildman–Crippen LogP) is 4.10. The monoisotopic (exact) mass is 349 g/mol. The van der Waals surface area contributed by atoms with Crippen molar-refractivity contribution < 1.29 is 19.1 Å². The van der Waals surface area contributed by atoms with Crippen LogP contribution < -0.4 is 10.1 Å². The molecule has 0 spiro atoms. The minimum absolute atomic E-state index is 0.146. The van der Waals surface area contributed by atoms with Crippen molar-refractivity contribution in [2.75, 3.05) is 12.4 Å². The Balaban J connectivity index is 1.67. The Kier molecular flexibility index (Phi) is 5.51. The Morgan fingerprint density at radius 1 is 1.15 bits per heavy atom. The number of ether oxygens (including phenoxy) is 1. The average molecular weight is 349 g/mol. The van der Waals surface area contributed by atoms with Gasteiger partial charge in [-0.2, -0.15) is 0 Å². The second kappa shape index (κ2) is 8.18. The van der Waals surface area contributed by atoms with Gasteiger partial charge in [-0.15, -0.1) is 0 Å². The van der Waals surface area contributed by atoms with E-state index in [0.29, 0.717) is 17.2 Å². The zero-order chi connectivity index (χ0) is 18.4. The summed E-state index contributed by atoms with van der Waals surface area (Å²) in [5, 5.41) is 11.9. The molecule has 0 saturated heterocycles. The molecule has 0 aliphatic carbocycles. The highest BCUT2D eigenvalue weighted by molar-refractivity contribution is 6.02. The van der Waals surface area contributed by atoms with Gasteiger partial charge in [-0.25, -0.2) is 0 Å². The first-order valence-corrected chi connectivity index (χ1v) is 8.11. The second-order valence-corrected chi connectivity index (χ2v) is 5.60. The minimum Gasteiger partial charge on any atom is -0.497 e. The van der Waals surface area contributed by atoms with E-state index in [-0.39, 0.29) is 12.5 Å². The molecular weight excluding hydrogens is 330 g/mol. The summed E-state index contributed by atoms with van der Waals surface area (Å²) in [5.74, 6) is 1.68. The van der Waals surface area contributed by atoms with E-state index < -0.39 is 0 Å². The van der Waals surface area contributed by atoms with Crippen molar-refractivity contribution in [3.8, 4) is 17.1 Å². The normalized spacial score (nSPS) is 10.8. The van der Waals surface area contributed by atoms with Gasteiger partial charge < -0.3 is 19.6 Å². The SMILES string of the molecule is COc1ccc(/C=C/C(=O)Nc2cccc(-c3ccc(CO)o3)c2)cc1. The molecule has 0 radical (unpaired) electrons. The minimum atomic E-state index is -0.228. The van der Waals surface area contributed by atoms with E-state index in [2.05, 4.69) is 5.32 Å². The van der Waals surface area contributed by atoms with Gasteiger partial charge in [0.05, 0.1) is 7.11 Å². The summed E-state index contributed by atoms with van der Waals surface area (Å²) < 4.78 is 10.6. The number of hydrogen-bond acceptors (Lipinski definition) is 4. The molecule has 1 amide bonds. The van der Waals surface area contributed by atoms with Crippen LogP contribution in [0.5, 0.6) is 5.75 Å². The van der Waals surface area contributed by atoms with Gasteiger partial charge in [0.15, 0.2) is 0 Å². The maximum Gasteiger partial charge on any atom is 0.248 e. The summed E-state index contributed by atoms with van der Waals surface area (Å²) in [6, 6.07) is 18.3. The molecule has 0 aliphatic rings. The molecule has 2 aromatic carbocycles. The summed E-state index contributed by atoms with van der Waals surface area (Å²) in [7, 11) is 1.61. The largest absolute Gasteiger partial charge is 0.497 e. The van der Waals surface area contributed by atoms with Gasteiger partial charge in [0, 0.05) is 17.3 Å².